The molecule has 0 heterocycles. The fraction of sp³-hybridized carbons (Fsp3) is 0.800. The molecule has 2 amide bonds. The third-order valence-electron chi connectivity index (χ3n) is 2.28. The van der Waals surface area contributed by atoms with Crippen LogP contribution in [0, 0.1) is 0 Å². The van der Waals surface area contributed by atoms with Crippen LogP contribution >= 0.6 is 0 Å². The molecular weight excluding hydrogens is 210 g/mol. The SMILES string of the molecule is CC(C)(C)OC(=O)NC1(CC(=O)NN)CC1. The largest absolute Gasteiger partial charge is 0.444 e. The summed E-state index contributed by atoms with van der Waals surface area (Å²) in [6, 6.07) is 0. The van der Waals surface area contributed by atoms with Crippen LogP contribution in [0.2, 0.25) is 0 Å². The van der Waals surface area contributed by atoms with Crippen molar-refractivity contribution in [2.45, 2.75) is 51.2 Å². The molecule has 92 valence electrons. The minimum Gasteiger partial charge on any atom is -0.444 e. The first-order valence-electron chi connectivity index (χ1n) is 5.27. The Hall–Kier alpha value is -1.30. The fourth-order valence-electron chi connectivity index (χ4n) is 1.38. The van der Waals surface area contributed by atoms with Crippen molar-refractivity contribution in [2.24, 2.45) is 5.84 Å². The van der Waals surface area contributed by atoms with E-state index in [0.717, 1.165) is 12.8 Å². The van der Waals surface area contributed by atoms with Crippen LogP contribution in [0.4, 0.5) is 4.79 Å². The van der Waals surface area contributed by atoms with E-state index in [9.17, 15) is 9.59 Å². The molecule has 16 heavy (non-hydrogen) atoms. The van der Waals surface area contributed by atoms with Gasteiger partial charge in [0.05, 0.1) is 12.0 Å². The van der Waals surface area contributed by atoms with Crippen LogP contribution in [0.3, 0.4) is 0 Å². The van der Waals surface area contributed by atoms with Gasteiger partial charge in [0.2, 0.25) is 5.91 Å². The molecular formula is C10H19N3O3. The van der Waals surface area contributed by atoms with Crippen molar-refractivity contribution in [1.29, 1.82) is 0 Å². The van der Waals surface area contributed by atoms with Gasteiger partial charge >= 0.3 is 6.09 Å². The molecule has 0 aromatic heterocycles. The molecule has 4 N–H and O–H groups in total. The zero-order chi connectivity index (χ0) is 12.4. The normalized spacial score (nSPS) is 17.5. The molecule has 0 aliphatic heterocycles. The van der Waals surface area contributed by atoms with E-state index in [2.05, 4.69) is 10.7 Å². The molecule has 0 saturated heterocycles. The average molecular weight is 229 g/mol. The number of hydrogen-bond acceptors (Lipinski definition) is 4. The molecule has 0 atom stereocenters. The quantitative estimate of drug-likeness (QED) is 0.371. The monoisotopic (exact) mass is 229 g/mol. The first kappa shape index (κ1) is 12.8. The Morgan fingerprint density at radius 3 is 2.31 bits per heavy atom. The van der Waals surface area contributed by atoms with Gasteiger partial charge in [0.15, 0.2) is 0 Å². The zero-order valence-electron chi connectivity index (χ0n) is 9.92. The number of amides is 2. The van der Waals surface area contributed by atoms with Gasteiger partial charge < -0.3 is 10.1 Å². The molecule has 1 fully saturated rings. The lowest BCUT2D eigenvalue weighted by atomic mass is 10.1. The van der Waals surface area contributed by atoms with E-state index in [1.807, 2.05) is 0 Å². The molecule has 1 aliphatic carbocycles. The molecule has 0 aromatic carbocycles. The zero-order valence-corrected chi connectivity index (χ0v) is 9.92. The van der Waals surface area contributed by atoms with Crippen LogP contribution in [-0.4, -0.2) is 23.1 Å². The van der Waals surface area contributed by atoms with Gasteiger partial charge in [-0.2, -0.15) is 0 Å². The van der Waals surface area contributed by atoms with Crippen molar-refractivity contribution >= 4 is 12.0 Å². The van der Waals surface area contributed by atoms with Gasteiger partial charge in [0.25, 0.3) is 0 Å². The van der Waals surface area contributed by atoms with Gasteiger partial charge in [-0.1, -0.05) is 0 Å². The third-order valence-corrected chi connectivity index (χ3v) is 2.28. The number of carbonyl (C=O) groups excluding carboxylic acids is 2. The molecule has 0 radical (unpaired) electrons. The van der Waals surface area contributed by atoms with Crippen molar-refractivity contribution in [1.82, 2.24) is 10.7 Å². The lowest BCUT2D eigenvalue weighted by Gasteiger charge is -2.23. The highest BCUT2D eigenvalue weighted by Gasteiger charge is 2.46. The summed E-state index contributed by atoms with van der Waals surface area (Å²) in [5.41, 5.74) is 1.07. The van der Waals surface area contributed by atoms with Crippen LogP contribution in [0.15, 0.2) is 0 Å². The van der Waals surface area contributed by atoms with Crippen molar-refractivity contribution < 1.29 is 14.3 Å². The van der Waals surface area contributed by atoms with Crippen LogP contribution in [0.1, 0.15) is 40.0 Å². The van der Waals surface area contributed by atoms with Crippen LogP contribution in [0.5, 0.6) is 0 Å². The number of hydrazine groups is 1. The number of ether oxygens (including phenoxy) is 1. The summed E-state index contributed by atoms with van der Waals surface area (Å²) >= 11 is 0. The molecule has 0 aromatic rings. The Bertz CT molecular complexity index is 292. The number of alkyl carbamates (subject to hydrolysis) is 1. The van der Waals surface area contributed by atoms with Gasteiger partial charge in [0.1, 0.15) is 5.60 Å². The molecule has 0 bridgehead atoms. The Morgan fingerprint density at radius 1 is 1.38 bits per heavy atom. The third kappa shape index (κ3) is 4.06. The topological polar surface area (TPSA) is 93.4 Å². The van der Waals surface area contributed by atoms with Crippen molar-refractivity contribution in [2.75, 3.05) is 0 Å². The maximum Gasteiger partial charge on any atom is 0.408 e. The summed E-state index contributed by atoms with van der Waals surface area (Å²) in [4.78, 5) is 22.6. The molecule has 0 spiro atoms. The molecule has 0 unspecified atom stereocenters. The maximum atomic E-state index is 11.5. The number of rotatable bonds is 3. The minimum absolute atomic E-state index is 0.197. The molecule has 6 nitrogen and oxygen atoms in total. The Morgan fingerprint density at radius 2 is 1.94 bits per heavy atom. The van der Waals surface area contributed by atoms with Gasteiger partial charge in [-0.25, -0.2) is 10.6 Å². The number of nitrogens with one attached hydrogen (secondary N) is 2. The molecule has 1 saturated carbocycles. The minimum atomic E-state index is -0.531. The smallest absolute Gasteiger partial charge is 0.408 e. The van der Waals surface area contributed by atoms with Crippen molar-refractivity contribution in [3.63, 3.8) is 0 Å². The van der Waals surface area contributed by atoms with Gasteiger partial charge in [0, 0.05) is 0 Å². The first-order chi connectivity index (χ1) is 7.26. The molecule has 1 rings (SSSR count). The van der Waals surface area contributed by atoms with E-state index in [1.54, 1.807) is 20.8 Å². The van der Waals surface area contributed by atoms with Gasteiger partial charge in [-0.15, -0.1) is 0 Å². The van der Waals surface area contributed by atoms with Crippen molar-refractivity contribution in [3.8, 4) is 0 Å². The highest BCUT2D eigenvalue weighted by molar-refractivity contribution is 5.79. The van der Waals surface area contributed by atoms with Crippen LogP contribution < -0.4 is 16.6 Å². The van der Waals surface area contributed by atoms with Gasteiger partial charge in [-0.05, 0) is 33.6 Å². The van der Waals surface area contributed by atoms with Gasteiger partial charge in [-0.3, -0.25) is 10.2 Å². The highest BCUT2D eigenvalue weighted by atomic mass is 16.6. The Kier molecular flexibility index (Phi) is 3.42. The lowest BCUT2D eigenvalue weighted by Crippen LogP contribution is -2.44. The van der Waals surface area contributed by atoms with E-state index in [-0.39, 0.29) is 12.3 Å². The number of hydrogen-bond donors (Lipinski definition) is 3. The van der Waals surface area contributed by atoms with E-state index < -0.39 is 17.2 Å². The summed E-state index contributed by atoms with van der Waals surface area (Å²) < 4.78 is 5.12. The maximum absolute atomic E-state index is 11.5. The second-order valence-electron chi connectivity index (χ2n) is 5.15. The van der Waals surface area contributed by atoms with Crippen LogP contribution in [0.25, 0.3) is 0 Å². The highest BCUT2D eigenvalue weighted by Crippen LogP contribution is 2.38. The predicted octanol–water partition coefficient (Wildman–Crippen LogP) is 0.424. The Balaban J connectivity index is 2.42. The summed E-state index contributed by atoms with van der Waals surface area (Å²) in [7, 11) is 0. The summed E-state index contributed by atoms with van der Waals surface area (Å²) in [5.74, 6) is 4.71. The second-order valence-corrected chi connectivity index (χ2v) is 5.15. The summed E-state index contributed by atoms with van der Waals surface area (Å²) in [5, 5.41) is 2.71. The first-order valence-corrected chi connectivity index (χ1v) is 5.27. The molecule has 1 aliphatic rings. The van der Waals surface area contributed by atoms with E-state index in [4.69, 9.17) is 10.6 Å². The Labute approximate surface area is 94.9 Å². The number of nitrogens with two attached hydrogens (primary N) is 1. The average Bonchev–Trinajstić information content (AvgIpc) is 2.80. The fourth-order valence-corrected chi connectivity index (χ4v) is 1.38. The lowest BCUT2D eigenvalue weighted by molar-refractivity contribution is -0.121. The summed E-state index contributed by atoms with van der Waals surface area (Å²) in [6.07, 6.45) is 1.26. The van der Waals surface area contributed by atoms with Crippen LogP contribution in [-0.2, 0) is 9.53 Å². The second kappa shape index (κ2) is 4.29. The van der Waals surface area contributed by atoms with E-state index in [0.29, 0.717) is 0 Å². The van der Waals surface area contributed by atoms with Crippen molar-refractivity contribution in [3.05, 3.63) is 0 Å². The number of carbonyl (C=O) groups is 2. The summed E-state index contributed by atoms with van der Waals surface area (Å²) in [6.45, 7) is 5.37. The molecule has 6 heteroatoms. The predicted molar refractivity (Wildman–Crippen MR) is 58.3 cm³/mol. The van der Waals surface area contributed by atoms with E-state index >= 15 is 0 Å². The standard InChI is InChI=1S/C10H19N3O3/c1-9(2,3)16-8(15)12-10(4-5-10)6-7(14)13-11/h4-6,11H2,1-3H3,(H,12,15)(H,13,14). The van der Waals surface area contributed by atoms with E-state index in [1.165, 1.54) is 0 Å².